The molecule has 0 saturated carbocycles. The lowest BCUT2D eigenvalue weighted by Crippen LogP contribution is -1.77. The zero-order valence-electron chi connectivity index (χ0n) is 9.28. The number of nitrogens with one attached hydrogen (secondary N) is 1. The average Bonchev–Trinajstić information content (AvgIpc) is 2.56. The number of aromatic amines is 1. The van der Waals surface area contributed by atoms with Gasteiger partial charge in [-0.3, -0.25) is 4.79 Å². The fourth-order valence-corrected chi connectivity index (χ4v) is 1.82. The minimum atomic E-state index is 0.409. The van der Waals surface area contributed by atoms with Crippen molar-refractivity contribution in [2.45, 2.75) is 13.8 Å². The molecular formula is C13H13NO2. The number of hydrogen-bond acceptors (Lipinski definition) is 2. The Kier molecular flexibility index (Phi) is 2.77. The molecule has 0 spiro atoms. The predicted octanol–water partition coefficient (Wildman–Crippen LogP) is 2.93. The molecule has 0 unspecified atom stereocenters. The Bertz CT molecular complexity index is 552. The number of carbonyl (C=O) groups is 1. The molecule has 0 amide bonds. The molecule has 0 bridgehead atoms. The third-order valence-electron chi connectivity index (χ3n) is 2.56. The second-order valence-electron chi connectivity index (χ2n) is 3.75. The van der Waals surface area contributed by atoms with E-state index in [0.717, 1.165) is 22.2 Å². The Morgan fingerprint density at radius 3 is 2.88 bits per heavy atom. The maximum atomic E-state index is 10.1. The van der Waals surface area contributed by atoms with E-state index < -0.39 is 0 Å². The summed E-state index contributed by atoms with van der Waals surface area (Å²) in [4.78, 5) is 13.3. The van der Waals surface area contributed by atoms with E-state index in [1.807, 2.05) is 6.92 Å². The van der Waals surface area contributed by atoms with E-state index >= 15 is 0 Å². The van der Waals surface area contributed by atoms with Crippen molar-refractivity contribution in [1.29, 1.82) is 0 Å². The Balaban J connectivity index is 2.53. The molecule has 1 aromatic carbocycles. The average molecular weight is 215 g/mol. The van der Waals surface area contributed by atoms with Crippen LogP contribution < -0.4 is 0 Å². The summed E-state index contributed by atoms with van der Waals surface area (Å²) in [5.41, 5.74) is 4.42. The van der Waals surface area contributed by atoms with Crippen LogP contribution in [-0.2, 0) is 9.53 Å². The van der Waals surface area contributed by atoms with Gasteiger partial charge in [0.25, 0.3) is 6.47 Å². The first kappa shape index (κ1) is 10.5. The maximum Gasteiger partial charge on any atom is 0.297 e. The lowest BCUT2D eigenvalue weighted by molar-refractivity contribution is -0.123. The van der Waals surface area contributed by atoms with Crippen LogP contribution >= 0.6 is 0 Å². The first-order chi connectivity index (χ1) is 7.72. The van der Waals surface area contributed by atoms with Crippen molar-refractivity contribution in [3.05, 3.63) is 41.3 Å². The number of benzene rings is 1. The summed E-state index contributed by atoms with van der Waals surface area (Å²) in [6, 6.07) is 6.22. The summed E-state index contributed by atoms with van der Waals surface area (Å²) < 4.78 is 4.57. The van der Waals surface area contributed by atoms with Gasteiger partial charge in [-0.2, -0.15) is 0 Å². The van der Waals surface area contributed by atoms with Gasteiger partial charge in [-0.1, -0.05) is 11.6 Å². The van der Waals surface area contributed by atoms with Gasteiger partial charge in [0, 0.05) is 22.2 Å². The first-order valence-electron chi connectivity index (χ1n) is 5.07. The van der Waals surface area contributed by atoms with E-state index in [1.165, 1.54) is 11.8 Å². The number of carbonyl (C=O) groups excluding carboxylic acids is 1. The molecule has 0 aliphatic rings. The van der Waals surface area contributed by atoms with E-state index in [0.29, 0.717) is 6.47 Å². The number of rotatable bonds is 3. The summed E-state index contributed by atoms with van der Waals surface area (Å²) in [5.74, 6) is 0. The first-order valence-corrected chi connectivity index (χ1v) is 5.07. The predicted molar refractivity (Wildman–Crippen MR) is 64.0 cm³/mol. The normalized spacial score (nSPS) is 11.1. The van der Waals surface area contributed by atoms with Crippen molar-refractivity contribution in [3.8, 4) is 0 Å². The smallest absolute Gasteiger partial charge is 0.297 e. The quantitative estimate of drug-likeness (QED) is 0.631. The Hall–Kier alpha value is -2.03. The highest BCUT2D eigenvalue weighted by molar-refractivity contribution is 5.90. The van der Waals surface area contributed by atoms with Crippen LogP contribution in [0.25, 0.3) is 17.0 Å². The fourth-order valence-electron chi connectivity index (χ4n) is 1.82. The highest BCUT2D eigenvalue weighted by Crippen LogP contribution is 2.24. The number of hydrogen-bond donors (Lipinski definition) is 1. The molecule has 2 aromatic rings. The highest BCUT2D eigenvalue weighted by atomic mass is 16.5. The molecule has 1 N–H and O–H groups in total. The minimum absolute atomic E-state index is 0.409. The Labute approximate surface area is 93.7 Å². The largest absolute Gasteiger partial charge is 0.437 e. The van der Waals surface area contributed by atoms with Crippen molar-refractivity contribution in [3.63, 3.8) is 0 Å². The molecule has 0 radical (unpaired) electrons. The van der Waals surface area contributed by atoms with Crippen molar-refractivity contribution < 1.29 is 9.53 Å². The maximum absolute atomic E-state index is 10.1. The number of fused-ring (bicyclic) bond motifs is 1. The number of aryl methyl sites for hydroxylation is 2. The molecule has 16 heavy (non-hydrogen) atoms. The van der Waals surface area contributed by atoms with E-state index in [4.69, 9.17) is 0 Å². The van der Waals surface area contributed by atoms with Gasteiger partial charge in [0.15, 0.2) is 0 Å². The standard InChI is InChI=1S/C13H13NO2/c1-9-3-4-13-12(7-9)11(10(2)14-13)5-6-16-8-15/h3-8,14H,1-2H3/b6-5+. The number of H-pyrrole nitrogens is 1. The van der Waals surface area contributed by atoms with Crippen molar-refractivity contribution in [2.24, 2.45) is 0 Å². The summed E-state index contributed by atoms with van der Waals surface area (Å²) in [6.45, 7) is 4.46. The van der Waals surface area contributed by atoms with Crippen LogP contribution in [0.3, 0.4) is 0 Å². The number of ether oxygens (including phenoxy) is 1. The van der Waals surface area contributed by atoms with E-state index in [1.54, 1.807) is 6.08 Å². The van der Waals surface area contributed by atoms with Gasteiger partial charge in [0.1, 0.15) is 0 Å². The molecule has 0 saturated heterocycles. The molecule has 82 valence electrons. The zero-order chi connectivity index (χ0) is 11.5. The highest BCUT2D eigenvalue weighted by Gasteiger charge is 2.05. The van der Waals surface area contributed by atoms with E-state index in [-0.39, 0.29) is 0 Å². The molecule has 2 rings (SSSR count). The van der Waals surface area contributed by atoms with Gasteiger partial charge in [0.2, 0.25) is 0 Å². The van der Waals surface area contributed by atoms with Gasteiger partial charge in [-0.15, -0.1) is 0 Å². The van der Waals surface area contributed by atoms with Crippen LogP contribution in [0.5, 0.6) is 0 Å². The van der Waals surface area contributed by atoms with Crippen LogP contribution in [0.1, 0.15) is 16.8 Å². The van der Waals surface area contributed by atoms with E-state index in [2.05, 4.69) is 34.8 Å². The third kappa shape index (κ3) is 1.84. The topological polar surface area (TPSA) is 42.1 Å². The molecule has 3 nitrogen and oxygen atoms in total. The summed E-state index contributed by atoms with van der Waals surface area (Å²) in [5, 5.41) is 1.14. The van der Waals surface area contributed by atoms with E-state index in [9.17, 15) is 4.79 Å². The van der Waals surface area contributed by atoms with Gasteiger partial charge >= 0.3 is 0 Å². The Morgan fingerprint density at radius 2 is 2.12 bits per heavy atom. The molecule has 0 atom stereocenters. The lowest BCUT2D eigenvalue weighted by Gasteiger charge is -1.95. The fraction of sp³-hybridized carbons (Fsp3) is 0.154. The molecule has 3 heteroatoms. The summed E-state index contributed by atoms with van der Waals surface area (Å²) >= 11 is 0. The molecular weight excluding hydrogens is 202 g/mol. The summed E-state index contributed by atoms with van der Waals surface area (Å²) in [6.07, 6.45) is 3.19. The van der Waals surface area contributed by atoms with Gasteiger partial charge in [-0.05, 0) is 32.1 Å². The van der Waals surface area contributed by atoms with Crippen LogP contribution in [-0.4, -0.2) is 11.5 Å². The molecule has 1 heterocycles. The van der Waals surface area contributed by atoms with Crippen LogP contribution in [0, 0.1) is 13.8 Å². The number of aromatic nitrogens is 1. The second kappa shape index (κ2) is 4.23. The summed E-state index contributed by atoms with van der Waals surface area (Å²) in [7, 11) is 0. The second-order valence-corrected chi connectivity index (χ2v) is 3.75. The van der Waals surface area contributed by atoms with Crippen LogP contribution in [0.15, 0.2) is 24.5 Å². The monoisotopic (exact) mass is 215 g/mol. The molecule has 1 aromatic heterocycles. The third-order valence-corrected chi connectivity index (χ3v) is 2.56. The molecule has 0 aliphatic carbocycles. The molecule has 0 fully saturated rings. The van der Waals surface area contributed by atoms with Gasteiger partial charge < -0.3 is 9.72 Å². The van der Waals surface area contributed by atoms with Crippen molar-refractivity contribution in [1.82, 2.24) is 4.98 Å². The van der Waals surface area contributed by atoms with Gasteiger partial charge in [0.05, 0.1) is 6.26 Å². The Morgan fingerprint density at radius 1 is 1.31 bits per heavy atom. The van der Waals surface area contributed by atoms with Crippen LogP contribution in [0.4, 0.5) is 0 Å². The SMILES string of the molecule is Cc1ccc2[nH]c(C)c(/C=C/OC=O)c2c1. The zero-order valence-corrected chi connectivity index (χ0v) is 9.28. The molecule has 0 aliphatic heterocycles. The van der Waals surface area contributed by atoms with Gasteiger partial charge in [-0.25, -0.2) is 0 Å². The van der Waals surface area contributed by atoms with Crippen LogP contribution in [0.2, 0.25) is 0 Å². The van der Waals surface area contributed by atoms with Crippen molar-refractivity contribution >= 4 is 23.5 Å². The van der Waals surface area contributed by atoms with Crippen molar-refractivity contribution in [2.75, 3.05) is 0 Å². The lowest BCUT2D eigenvalue weighted by atomic mass is 10.1. The minimum Gasteiger partial charge on any atom is -0.437 e.